The van der Waals surface area contributed by atoms with Crippen LogP contribution >= 0.6 is 23.1 Å². The van der Waals surface area contributed by atoms with Crippen molar-refractivity contribution in [1.29, 1.82) is 0 Å². The molecule has 2 heterocycles. The van der Waals surface area contributed by atoms with Gasteiger partial charge in [-0.2, -0.15) is 0 Å². The summed E-state index contributed by atoms with van der Waals surface area (Å²) in [7, 11) is 3.38. The number of rotatable bonds is 5. The van der Waals surface area contributed by atoms with Gasteiger partial charge in [0.15, 0.2) is 5.75 Å². The Labute approximate surface area is 125 Å². The van der Waals surface area contributed by atoms with E-state index in [1.807, 2.05) is 11.9 Å². The summed E-state index contributed by atoms with van der Waals surface area (Å²) < 4.78 is 9.48. The van der Waals surface area contributed by atoms with Gasteiger partial charge in [-0.25, -0.2) is 0 Å². The lowest BCUT2D eigenvalue weighted by Crippen LogP contribution is -2.23. The van der Waals surface area contributed by atoms with Crippen molar-refractivity contribution < 1.29 is 4.74 Å². The van der Waals surface area contributed by atoms with Crippen molar-refractivity contribution in [3.05, 3.63) is 37.7 Å². The molecule has 2 rings (SSSR count). The van der Waals surface area contributed by atoms with E-state index in [4.69, 9.17) is 16.3 Å². The lowest BCUT2D eigenvalue weighted by molar-refractivity contribution is 0.312. The summed E-state index contributed by atoms with van der Waals surface area (Å²) in [6, 6.07) is 0. The van der Waals surface area contributed by atoms with E-state index >= 15 is 0 Å². The second-order valence-corrected chi connectivity index (χ2v) is 5.82. The molecule has 2 aromatic heterocycles. The first-order chi connectivity index (χ1) is 9.52. The van der Waals surface area contributed by atoms with E-state index < -0.39 is 0 Å². The number of aromatic amines is 1. The highest BCUT2D eigenvalue weighted by Crippen LogP contribution is 2.19. The predicted molar refractivity (Wildman–Crippen MR) is 78.4 cm³/mol. The van der Waals surface area contributed by atoms with Crippen LogP contribution in [0.2, 0.25) is 4.34 Å². The first kappa shape index (κ1) is 15.0. The van der Waals surface area contributed by atoms with Gasteiger partial charge in [0.25, 0.3) is 0 Å². The van der Waals surface area contributed by atoms with Crippen molar-refractivity contribution in [2.75, 3.05) is 14.2 Å². The number of ether oxygens (including phenoxy) is 1. The molecule has 0 amide bonds. The third kappa shape index (κ3) is 3.17. The van der Waals surface area contributed by atoms with Crippen LogP contribution in [-0.2, 0) is 13.1 Å². The Kier molecular flexibility index (Phi) is 4.74. The van der Waals surface area contributed by atoms with E-state index in [1.165, 1.54) is 7.11 Å². The SMILES string of the molecule is COc1c(C)[nH]cc(CN(C)Cc2nnsc2Cl)c1=O. The number of halogens is 1. The van der Waals surface area contributed by atoms with Crippen LogP contribution in [0.4, 0.5) is 0 Å². The van der Waals surface area contributed by atoms with Gasteiger partial charge in [0.1, 0.15) is 10.0 Å². The highest BCUT2D eigenvalue weighted by Gasteiger charge is 2.13. The quantitative estimate of drug-likeness (QED) is 0.911. The highest BCUT2D eigenvalue weighted by atomic mass is 35.5. The fourth-order valence-electron chi connectivity index (χ4n) is 1.90. The first-order valence-corrected chi connectivity index (χ1v) is 7.08. The molecule has 0 aromatic carbocycles. The van der Waals surface area contributed by atoms with Gasteiger partial charge in [-0.3, -0.25) is 9.69 Å². The van der Waals surface area contributed by atoms with E-state index in [0.29, 0.717) is 28.7 Å². The number of H-pyrrole nitrogens is 1. The fraction of sp³-hybridized carbons (Fsp3) is 0.417. The molecule has 0 aliphatic rings. The second kappa shape index (κ2) is 6.34. The van der Waals surface area contributed by atoms with E-state index in [1.54, 1.807) is 13.1 Å². The van der Waals surface area contributed by atoms with Crippen molar-refractivity contribution in [2.24, 2.45) is 0 Å². The largest absolute Gasteiger partial charge is 0.491 e. The minimum absolute atomic E-state index is 0.0990. The summed E-state index contributed by atoms with van der Waals surface area (Å²) >= 11 is 7.12. The molecule has 8 heteroatoms. The maximum atomic E-state index is 12.2. The lowest BCUT2D eigenvalue weighted by Gasteiger charge is -2.15. The molecule has 0 bridgehead atoms. The average Bonchev–Trinajstić information content (AvgIpc) is 2.79. The molecule has 0 saturated heterocycles. The Balaban J connectivity index is 2.14. The molecule has 1 N–H and O–H groups in total. The topological polar surface area (TPSA) is 71.1 Å². The zero-order valence-corrected chi connectivity index (χ0v) is 13.0. The minimum Gasteiger partial charge on any atom is -0.491 e. The van der Waals surface area contributed by atoms with Crippen LogP contribution in [0.25, 0.3) is 0 Å². The van der Waals surface area contributed by atoms with Crippen molar-refractivity contribution in [3.63, 3.8) is 0 Å². The van der Waals surface area contributed by atoms with Gasteiger partial charge in [-0.05, 0) is 14.0 Å². The number of pyridine rings is 1. The molecule has 0 unspecified atom stereocenters. The third-order valence-electron chi connectivity index (χ3n) is 2.87. The van der Waals surface area contributed by atoms with Crippen LogP contribution in [0.1, 0.15) is 17.0 Å². The molecule has 0 aliphatic carbocycles. The Hall–Kier alpha value is -1.44. The molecule has 20 heavy (non-hydrogen) atoms. The zero-order chi connectivity index (χ0) is 14.7. The van der Waals surface area contributed by atoms with Crippen LogP contribution in [0.15, 0.2) is 11.0 Å². The summed E-state index contributed by atoms with van der Waals surface area (Å²) in [5, 5.41) is 3.95. The van der Waals surface area contributed by atoms with Gasteiger partial charge in [0.05, 0.1) is 12.8 Å². The predicted octanol–water partition coefficient (Wildman–Crippen LogP) is 1.83. The van der Waals surface area contributed by atoms with Crippen LogP contribution < -0.4 is 10.2 Å². The molecule has 6 nitrogen and oxygen atoms in total. The standard InChI is InChI=1S/C12H15ClN4O2S/c1-7-11(19-3)10(18)8(4-14-7)5-17(2)6-9-12(13)20-16-15-9/h4H,5-6H2,1-3H3,(H,14,18). The molecule has 108 valence electrons. The summed E-state index contributed by atoms with van der Waals surface area (Å²) in [5.74, 6) is 0.351. The van der Waals surface area contributed by atoms with Crippen molar-refractivity contribution >= 4 is 23.1 Å². The summed E-state index contributed by atoms with van der Waals surface area (Å²) in [6.45, 7) is 2.80. The fourth-order valence-corrected chi connectivity index (χ4v) is 2.51. The zero-order valence-electron chi connectivity index (χ0n) is 11.4. The smallest absolute Gasteiger partial charge is 0.228 e. The van der Waals surface area contributed by atoms with Gasteiger partial charge < -0.3 is 9.72 Å². The minimum atomic E-state index is -0.0990. The molecule has 0 spiro atoms. The number of aryl methyl sites for hydroxylation is 1. The molecular weight excluding hydrogens is 300 g/mol. The van der Waals surface area contributed by atoms with Crippen molar-refractivity contribution in [2.45, 2.75) is 20.0 Å². The number of hydrogen-bond donors (Lipinski definition) is 1. The normalized spacial score (nSPS) is 11.1. The van der Waals surface area contributed by atoms with Gasteiger partial charge in [-0.15, -0.1) is 5.10 Å². The lowest BCUT2D eigenvalue weighted by atomic mass is 10.2. The maximum Gasteiger partial charge on any atom is 0.228 e. The van der Waals surface area contributed by atoms with Crippen LogP contribution in [0, 0.1) is 6.92 Å². The van der Waals surface area contributed by atoms with Gasteiger partial charge in [-0.1, -0.05) is 16.1 Å². The number of hydrogen-bond acceptors (Lipinski definition) is 6. The van der Waals surface area contributed by atoms with E-state index in [9.17, 15) is 4.79 Å². The number of nitrogens with zero attached hydrogens (tertiary/aromatic N) is 3. The van der Waals surface area contributed by atoms with Crippen molar-refractivity contribution in [1.82, 2.24) is 19.5 Å². The van der Waals surface area contributed by atoms with Gasteiger partial charge in [0, 0.05) is 36.4 Å². The highest BCUT2D eigenvalue weighted by molar-refractivity contribution is 7.10. The molecule has 0 fully saturated rings. The Morgan fingerprint density at radius 3 is 2.85 bits per heavy atom. The molecular formula is C12H15ClN4O2S. The molecule has 2 aromatic rings. The van der Waals surface area contributed by atoms with E-state index in [2.05, 4.69) is 14.6 Å². The average molecular weight is 315 g/mol. The molecule has 0 atom stereocenters. The van der Waals surface area contributed by atoms with Crippen molar-refractivity contribution in [3.8, 4) is 5.75 Å². The maximum absolute atomic E-state index is 12.2. The van der Waals surface area contributed by atoms with E-state index in [-0.39, 0.29) is 5.43 Å². The molecule has 0 radical (unpaired) electrons. The van der Waals surface area contributed by atoms with Crippen LogP contribution in [0.3, 0.4) is 0 Å². The van der Waals surface area contributed by atoms with E-state index in [0.717, 1.165) is 22.9 Å². The Morgan fingerprint density at radius 2 is 2.25 bits per heavy atom. The molecule has 0 aliphatic heterocycles. The van der Waals surface area contributed by atoms with Gasteiger partial charge >= 0.3 is 0 Å². The summed E-state index contributed by atoms with van der Waals surface area (Å²) in [6.07, 6.45) is 1.71. The second-order valence-electron chi connectivity index (χ2n) is 4.47. The Morgan fingerprint density at radius 1 is 1.50 bits per heavy atom. The monoisotopic (exact) mass is 314 g/mol. The first-order valence-electron chi connectivity index (χ1n) is 5.93. The summed E-state index contributed by atoms with van der Waals surface area (Å²) in [4.78, 5) is 17.2. The van der Waals surface area contributed by atoms with Crippen LogP contribution in [-0.4, -0.2) is 33.6 Å². The summed E-state index contributed by atoms with van der Waals surface area (Å²) in [5.41, 5.74) is 1.97. The molecule has 0 saturated carbocycles. The third-order valence-corrected chi connectivity index (χ3v) is 3.86. The number of aromatic nitrogens is 3. The number of methoxy groups -OCH3 is 1. The van der Waals surface area contributed by atoms with Gasteiger partial charge in [0.2, 0.25) is 5.43 Å². The Bertz CT molecular complexity index is 655. The number of nitrogens with one attached hydrogen (secondary N) is 1. The van der Waals surface area contributed by atoms with Crippen LogP contribution in [0.5, 0.6) is 5.75 Å².